The third kappa shape index (κ3) is 5.78. The number of carbonyl (C=O) groups excluding carboxylic acids is 2. The fourth-order valence-corrected chi connectivity index (χ4v) is 4.77. The van der Waals surface area contributed by atoms with E-state index < -0.39 is 29.3 Å². The number of rotatable bonds is 9. The molecule has 1 amide bonds. The van der Waals surface area contributed by atoms with Crippen LogP contribution >= 0.6 is 0 Å². The topological polar surface area (TPSA) is 88.5 Å². The summed E-state index contributed by atoms with van der Waals surface area (Å²) in [7, 11) is 1.51. The van der Waals surface area contributed by atoms with Crippen molar-refractivity contribution < 1.29 is 33.3 Å². The van der Waals surface area contributed by atoms with Gasteiger partial charge in [0.05, 0.1) is 38.0 Å². The highest BCUT2D eigenvalue weighted by atomic mass is 19.1. The van der Waals surface area contributed by atoms with Gasteiger partial charge in [-0.25, -0.2) is 4.39 Å². The molecule has 2 aromatic rings. The fourth-order valence-electron chi connectivity index (χ4n) is 4.77. The lowest BCUT2D eigenvalue weighted by atomic mass is 9.94. The molecule has 1 N–H and O–H groups in total. The van der Waals surface area contributed by atoms with E-state index in [9.17, 15) is 19.1 Å². The molecule has 0 spiro atoms. The van der Waals surface area contributed by atoms with Gasteiger partial charge >= 0.3 is 0 Å². The Morgan fingerprint density at radius 3 is 2.51 bits per heavy atom. The van der Waals surface area contributed by atoms with Crippen LogP contribution in [0.4, 0.5) is 4.39 Å². The van der Waals surface area contributed by atoms with E-state index in [1.54, 1.807) is 38.1 Å². The lowest BCUT2D eigenvalue weighted by molar-refractivity contribution is -0.140. The van der Waals surface area contributed by atoms with Crippen molar-refractivity contribution in [2.45, 2.75) is 32.4 Å². The number of Topliss-reactive ketones (excluding diaryl/α,β-unsaturated/α-hetero) is 1. The first kappa shape index (κ1) is 26.6. The first-order valence-electron chi connectivity index (χ1n) is 12.5. The maximum atomic E-state index is 14.7. The Morgan fingerprint density at radius 2 is 1.84 bits per heavy atom. The van der Waals surface area contributed by atoms with Crippen LogP contribution in [0.25, 0.3) is 5.76 Å². The minimum Gasteiger partial charge on any atom is -0.507 e. The SMILES string of the molecule is COc1ccccc1[C@@H]1/C(=C(\O)c2ccc(OC(C)C)c(F)c2)C(=O)C(=O)N1CCCN1CCOCC1. The van der Waals surface area contributed by atoms with Gasteiger partial charge in [0, 0.05) is 37.3 Å². The largest absolute Gasteiger partial charge is 0.507 e. The van der Waals surface area contributed by atoms with E-state index in [0.717, 1.165) is 25.7 Å². The van der Waals surface area contributed by atoms with E-state index in [0.29, 0.717) is 37.5 Å². The molecule has 9 heteroatoms. The van der Waals surface area contributed by atoms with Gasteiger partial charge in [-0.05, 0) is 44.5 Å². The van der Waals surface area contributed by atoms with Gasteiger partial charge in [0.25, 0.3) is 11.7 Å². The number of amides is 1. The van der Waals surface area contributed by atoms with E-state index in [-0.39, 0.29) is 23.0 Å². The highest BCUT2D eigenvalue weighted by Gasteiger charge is 2.46. The maximum absolute atomic E-state index is 14.7. The number of aliphatic hydroxyl groups is 1. The number of methoxy groups -OCH3 is 1. The second-order valence-electron chi connectivity index (χ2n) is 9.35. The summed E-state index contributed by atoms with van der Waals surface area (Å²) in [5.41, 5.74) is 0.551. The molecule has 1 atom stereocenters. The Hall–Kier alpha value is -3.43. The summed E-state index contributed by atoms with van der Waals surface area (Å²) in [5, 5.41) is 11.3. The van der Waals surface area contributed by atoms with Gasteiger partial charge in [0.15, 0.2) is 11.6 Å². The molecule has 0 unspecified atom stereocenters. The van der Waals surface area contributed by atoms with E-state index in [1.807, 2.05) is 0 Å². The van der Waals surface area contributed by atoms with Crippen molar-refractivity contribution in [3.05, 3.63) is 65.0 Å². The van der Waals surface area contributed by atoms with Crippen molar-refractivity contribution in [1.29, 1.82) is 0 Å². The van der Waals surface area contributed by atoms with Crippen LogP contribution in [0.5, 0.6) is 11.5 Å². The number of ketones is 1. The van der Waals surface area contributed by atoms with E-state index in [4.69, 9.17) is 14.2 Å². The Kier molecular flexibility index (Phi) is 8.45. The second-order valence-corrected chi connectivity index (χ2v) is 9.35. The summed E-state index contributed by atoms with van der Waals surface area (Å²) in [6.45, 7) is 7.58. The molecule has 2 aromatic carbocycles. The number of para-hydroxylation sites is 1. The highest BCUT2D eigenvalue weighted by molar-refractivity contribution is 6.46. The van der Waals surface area contributed by atoms with E-state index >= 15 is 0 Å². The average molecular weight is 513 g/mol. The molecule has 2 aliphatic rings. The van der Waals surface area contributed by atoms with Crippen molar-refractivity contribution in [3.63, 3.8) is 0 Å². The van der Waals surface area contributed by atoms with Gasteiger partial charge in [0.1, 0.15) is 11.5 Å². The van der Waals surface area contributed by atoms with Gasteiger partial charge in [-0.1, -0.05) is 18.2 Å². The van der Waals surface area contributed by atoms with Crippen LogP contribution in [0.3, 0.4) is 0 Å². The molecule has 37 heavy (non-hydrogen) atoms. The zero-order chi connectivity index (χ0) is 26.5. The number of ether oxygens (including phenoxy) is 3. The van der Waals surface area contributed by atoms with E-state index in [1.165, 1.54) is 24.1 Å². The van der Waals surface area contributed by atoms with Crippen LogP contribution in [-0.4, -0.2) is 79.2 Å². The molecule has 8 nitrogen and oxygen atoms in total. The average Bonchev–Trinajstić information content (AvgIpc) is 3.14. The van der Waals surface area contributed by atoms with Crippen LogP contribution in [0.2, 0.25) is 0 Å². The Bertz CT molecular complexity index is 1180. The molecule has 2 heterocycles. The Labute approximate surface area is 216 Å². The number of likely N-dealkylation sites (tertiary alicyclic amines) is 1. The summed E-state index contributed by atoms with van der Waals surface area (Å²) >= 11 is 0. The number of hydrogen-bond acceptors (Lipinski definition) is 7. The minimum atomic E-state index is -0.879. The molecule has 198 valence electrons. The number of benzene rings is 2. The van der Waals surface area contributed by atoms with E-state index in [2.05, 4.69) is 4.90 Å². The fraction of sp³-hybridized carbons (Fsp3) is 0.429. The Balaban J connectivity index is 1.71. The quantitative estimate of drug-likeness (QED) is 0.311. The zero-order valence-electron chi connectivity index (χ0n) is 21.4. The molecule has 4 rings (SSSR count). The summed E-state index contributed by atoms with van der Waals surface area (Å²) in [6.07, 6.45) is 0.400. The molecule has 0 aliphatic carbocycles. The van der Waals surface area contributed by atoms with Crippen molar-refractivity contribution in [2.24, 2.45) is 0 Å². The summed E-state index contributed by atoms with van der Waals surface area (Å²) in [5.74, 6) is -2.13. The van der Waals surface area contributed by atoms with Gasteiger partial charge in [-0.15, -0.1) is 0 Å². The molecular weight excluding hydrogens is 479 g/mol. The maximum Gasteiger partial charge on any atom is 0.295 e. The third-order valence-electron chi connectivity index (χ3n) is 6.52. The number of hydrogen-bond donors (Lipinski definition) is 1. The molecule has 0 aromatic heterocycles. The molecule has 2 aliphatic heterocycles. The number of morpholine rings is 1. The summed E-state index contributed by atoms with van der Waals surface area (Å²) in [6, 6.07) is 10.2. The highest BCUT2D eigenvalue weighted by Crippen LogP contribution is 2.43. The minimum absolute atomic E-state index is 0.0383. The second kappa shape index (κ2) is 11.7. The number of carbonyl (C=O) groups is 2. The Morgan fingerprint density at radius 1 is 1.11 bits per heavy atom. The smallest absolute Gasteiger partial charge is 0.295 e. The predicted octanol–water partition coefficient (Wildman–Crippen LogP) is 3.77. The van der Waals surface area contributed by atoms with Gasteiger partial charge < -0.3 is 24.2 Å². The molecule has 2 fully saturated rings. The molecule has 0 radical (unpaired) electrons. The number of nitrogens with zero attached hydrogens (tertiary/aromatic N) is 2. The monoisotopic (exact) mass is 512 g/mol. The summed E-state index contributed by atoms with van der Waals surface area (Å²) in [4.78, 5) is 30.2. The number of aliphatic hydroxyl groups excluding tert-OH is 1. The predicted molar refractivity (Wildman–Crippen MR) is 136 cm³/mol. The molecule has 2 saturated heterocycles. The van der Waals surface area contributed by atoms with Crippen molar-refractivity contribution in [3.8, 4) is 11.5 Å². The van der Waals surface area contributed by atoms with Crippen LogP contribution in [0.15, 0.2) is 48.0 Å². The summed E-state index contributed by atoms with van der Waals surface area (Å²) < 4.78 is 31.1. The van der Waals surface area contributed by atoms with Crippen LogP contribution in [0.1, 0.15) is 37.4 Å². The van der Waals surface area contributed by atoms with Crippen molar-refractivity contribution in [1.82, 2.24) is 9.80 Å². The molecule has 0 saturated carbocycles. The lowest BCUT2D eigenvalue weighted by Crippen LogP contribution is -2.39. The van der Waals surface area contributed by atoms with Crippen LogP contribution < -0.4 is 9.47 Å². The van der Waals surface area contributed by atoms with Gasteiger partial charge in [-0.3, -0.25) is 14.5 Å². The van der Waals surface area contributed by atoms with Crippen molar-refractivity contribution >= 4 is 17.4 Å². The van der Waals surface area contributed by atoms with Crippen molar-refractivity contribution in [2.75, 3.05) is 46.5 Å². The van der Waals surface area contributed by atoms with Crippen LogP contribution in [0, 0.1) is 5.82 Å². The van der Waals surface area contributed by atoms with Gasteiger partial charge in [-0.2, -0.15) is 0 Å². The standard InChI is InChI=1S/C28H33FN2O6/c1-18(2)37-23-10-9-19(17-21(23)29)26(32)24-25(20-7-4-5-8-22(20)35-3)31(28(34)27(24)33)12-6-11-30-13-15-36-16-14-30/h4-5,7-10,17-18,25,32H,6,11-16H2,1-3H3/b26-24+/t25-/m1/s1. The first-order chi connectivity index (χ1) is 17.8. The lowest BCUT2D eigenvalue weighted by Gasteiger charge is -2.29. The van der Waals surface area contributed by atoms with Gasteiger partial charge in [0.2, 0.25) is 0 Å². The molecular formula is C28H33FN2O6. The first-order valence-corrected chi connectivity index (χ1v) is 12.5. The molecule has 0 bridgehead atoms. The third-order valence-corrected chi connectivity index (χ3v) is 6.52. The zero-order valence-corrected chi connectivity index (χ0v) is 21.4. The normalized spacial score (nSPS) is 20.0. The van der Waals surface area contributed by atoms with Crippen LogP contribution in [-0.2, 0) is 14.3 Å². The number of halogens is 1.